The molecule has 3 aliphatic rings. The number of rotatable bonds is 6. The van der Waals surface area contributed by atoms with Crippen LogP contribution < -0.4 is 19.5 Å². The predicted molar refractivity (Wildman–Crippen MR) is 153 cm³/mol. The van der Waals surface area contributed by atoms with Gasteiger partial charge in [0.2, 0.25) is 11.5 Å². The topological polar surface area (TPSA) is 76.2 Å². The first-order chi connectivity index (χ1) is 18.6. The second-order valence-electron chi connectivity index (χ2n) is 9.75. The number of ether oxygens (including phenoxy) is 1. The van der Waals surface area contributed by atoms with E-state index >= 15 is 0 Å². The largest absolute Gasteiger partial charge is 0.497 e. The van der Waals surface area contributed by atoms with Gasteiger partial charge in [0.05, 0.1) is 7.11 Å². The first-order valence-electron chi connectivity index (χ1n) is 12.8. The second kappa shape index (κ2) is 9.78. The van der Waals surface area contributed by atoms with Gasteiger partial charge in [-0.15, -0.1) is 5.26 Å². The molecule has 38 heavy (non-hydrogen) atoms. The van der Waals surface area contributed by atoms with Gasteiger partial charge in [0.25, 0.3) is 5.84 Å². The van der Waals surface area contributed by atoms with E-state index in [0.29, 0.717) is 18.2 Å². The number of nitriles is 1. The van der Waals surface area contributed by atoms with Crippen molar-refractivity contribution in [3.05, 3.63) is 89.5 Å². The number of anilines is 2. The van der Waals surface area contributed by atoms with Crippen LogP contribution in [0.15, 0.2) is 82.9 Å². The Morgan fingerprint density at radius 3 is 2.47 bits per heavy atom. The Labute approximate surface area is 223 Å². The fourth-order valence-corrected chi connectivity index (χ4v) is 5.16. The highest BCUT2D eigenvalue weighted by atomic mass is 16.5. The lowest BCUT2D eigenvalue weighted by atomic mass is 10.0. The average Bonchev–Trinajstić information content (AvgIpc) is 3.37. The average molecular weight is 505 g/mol. The summed E-state index contributed by atoms with van der Waals surface area (Å²) in [4.78, 5) is 9.57. The van der Waals surface area contributed by atoms with Crippen molar-refractivity contribution in [1.82, 2.24) is 9.49 Å². The number of aliphatic imine (C=N–C) groups is 1. The van der Waals surface area contributed by atoms with E-state index in [1.807, 2.05) is 48.5 Å². The van der Waals surface area contributed by atoms with Gasteiger partial charge in [-0.2, -0.15) is 4.99 Å². The smallest absolute Gasteiger partial charge is 0.351 e. The van der Waals surface area contributed by atoms with Crippen LogP contribution in [0.3, 0.4) is 0 Å². The molecule has 0 saturated carbocycles. The van der Waals surface area contributed by atoms with Crippen LogP contribution in [0, 0.1) is 11.5 Å². The van der Waals surface area contributed by atoms with Gasteiger partial charge in [0.15, 0.2) is 0 Å². The number of piperazine rings is 1. The lowest BCUT2D eigenvalue weighted by Gasteiger charge is -2.35. The van der Waals surface area contributed by atoms with E-state index < -0.39 is 0 Å². The van der Waals surface area contributed by atoms with Gasteiger partial charge < -0.3 is 19.9 Å². The summed E-state index contributed by atoms with van der Waals surface area (Å²) in [5.41, 5.74) is 5.80. The van der Waals surface area contributed by atoms with E-state index in [0.717, 1.165) is 60.1 Å². The van der Waals surface area contributed by atoms with Crippen LogP contribution >= 0.6 is 0 Å². The molecule has 8 heteroatoms. The van der Waals surface area contributed by atoms with E-state index in [2.05, 4.69) is 58.7 Å². The molecule has 0 radical (unpaired) electrons. The minimum atomic E-state index is -0.340. The Balaban J connectivity index is 1.45. The van der Waals surface area contributed by atoms with Crippen molar-refractivity contribution in [3.63, 3.8) is 0 Å². The van der Waals surface area contributed by atoms with E-state index in [9.17, 15) is 5.26 Å². The molecule has 1 fully saturated rings. The molecule has 6 rings (SSSR count). The van der Waals surface area contributed by atoms with Crippen LogP contribution in [0.1, 0.15) is 16.7 Å². The maximum absolute atomic E-state index is 10.6. The van der Waals surface area contributed by atoms with Crippen molar-refractivity contribution in [2.75, 3.05) is 50.6 Å². The molecular weight excluding hydrogens is 474 g/mol. The molecule has 3 heterocycles. The number of methoxy groups -OCH3 is 1. The van der Waals surface area contributed by atoms with Gasteiger partial charge in [0, 0.05) is 55.6 Å². The lowest BCUT2D eigenvalue weighted by Crippen LogP contribution is -2.45. The summed E-state index contributed by atoms with van der Waals surface area (Å²) in [6.07, 6.45) is 6.46. The maximum Gasteiger partial charge on any atom is 0.351 e. The number of likely N-dealkylation sites (N-methyl/N-ethyl adjacent to an activating group) is 1. The molecule has 1 N–H and O–H groups in total. The SMILES string of the molecule is COc1ccc(C2=N[N+]3(C#N)C(=N2)C=Cc2cc(N4CCN(C)CC4)cc(NCc4ccccc4)c23)cc1. The zero-order valence-electron chi connectivity index (χ0n) is 21.6. The number of nitrogens with one attached hydrogen (secondary N) is 1. The summed E-state index contributed by atoms with van der Waals surface area (Å²) < 4.78 is 4.96. The molecule has 0 aliphatic carbocycles. The second-order valence-corrected chi connectivity index (χ2v) is 9.75. The molecule has 1 saturated heterocycles. The van der Waals surface area contributed by atoms with Crippen molar-refractivity contribution >= 4 is 34.8 Å². The summed E-state index contributed by atoms with van der Waals surface area (Å²) in [6, 6.07) is 22.2. The van der Waals surface area contributed by atoms with Crippen molar-refractivity contribution < 1.29 is 4.74 Å². The summed E-state index contributed by atoms with van der Waals surface area (Å²) >= 11 is 0. The third-order valence-electron chi connectivity index (χ3n) is 7.34. The van der Waals surface area contributed by atoms with E-state index in [1.165, 1.54) is 5.56 Å². The summed E-state index contributed by atoms with van der Waals surface area (Å²) in [6.45, 7) is 4.59. The predicted octanol–water partition coefficient (Wildman–Crippen LogP) is 4.65. The Hall–Kier alpha value is -4.45. The number of hydrogen-bond acceptors (Lipinski definition) is 7. The van der Waals surface area contributed by atoms with Crippen molar-refractivity contribution in [2.24, 2.45) is 10.1 Å². The Kier molecular flexibility index (Phi) is 6.16. The minimum Gasteiger partial charge on any atom is -0.497 e. The zero-order chi connectivity index (χ0) is 26.1. The van der Waals surface area contributed by atoms with Gasteiger partial charge in [-0.3, -0.25) is 0 Å². The van der Waals surface area contributed by atoms with Gasteiger partial charge in [-0.1, -0.05) is 30.3 Å². The molecule has 1 atom stereocenters. The van der Waals surface area contributed by atoms with Crippen molar-refractivity contribution in [1.29, 1.82) is 5.26 Å². The third-order valence-corrected chi connectivity index (χ3v) is 7.34. The Bertz CT molecular complexity index is 1480. The normalized spacial score (nSPS) is 20.2. The van der Waals surface area contributed by atoms with Crippen LogP contribution in [0.4, 0.5) is 17.1 Å². The molecule has 190 valence electrons. The highest BCUT2D eigenvalue weighted by Crippen LogP contribution is 2.45. The molecule has 3 aromatic carbocycles. The summed E-state index contributed by atoms with van der Waals surface area (Å²) in [5, 5.41) is 19.2. The Morgan fingerprint density at radius 1 is 1.00 bits per heavy atom. The van der Waals surface area contributed by atoms with Crippen LogP contribution in [-0.4, -0.2) is 56.9 Å². The van der Waals surface area contributed by atoms with Crippen LogP contribution in [-0.2, 0) is 6.54 Å². The Morgan fingerprint density at radius 2 is 1.76 bits per heavy atom. The molecule has 0 bridgehead atoms. The monoisotopic (exact) mass is 504 g/mol. The first-order valence-corrected chi connectivity index (χ1v) is 12.8. The fourth-order valence-electron chi connectivity index (χ4n) is 5.16. The zero-order valence-corrected chi connectivity index (χ0v) is 21.6. The number of benzene rings is 3. The van der Waals surface area contributed by atoms with Crippen LogP contribution in [0.5, 0.6) is 5.75 Å². The molecule has 3 aromatic rings. The van der Waals surface area contributed by atoms with E-state index in [1.54, 1.807) is 7.11 Å². The fraction of sp³-hybridized carbons (Fsp3) is 0.233. The highest BCUT2D eigenvalue weighted by molar-refractivity contribution is 6.21. The number of hydrogen-bond donors (Lipinski definition) is 1. The molecule has 0 spiro atoms. The molecule has 0 aromatic heterocycles. The highest BCUT2D eigenvalue weighted by Gasteiger charge is 2.49. The quantitative estimate of drug-likeness (QED) is 0.391. The van der Waals surface area contributed by atoms with Crippen LogP contribution in [0.2, 0.25) is 0 Å². The molecule has 3 aliphatic heterocycles. The van der Waals surface area contributed by atoms with E-state index in [4.69, 9.17) is 14.8 Å². The number of nitrogens with zero attached hydrogens (tertiary/aromatic N) is 6. The van der Waals surface area contributed by atoms with Crippen LogP contribution in [0.25, 0.3) is 6.08 Å². The first kappa shape index (κ1) is 23.9. The standard InChI is InChI=1S/C30H30N7O/c1-35-14-16-36(17-15-35)25-18-24-10-13-28-33-30(23-8-11-26(38-2)12-9-23)34-37(28,21-31)29(24)27(19-25)32-20-22-6-4-3-5-7-22/h3-13,18-19,32H,14-17,20H2,1-2H3/q+1. The van der Waals surface area contributed by atoms with Gasteiger partial charge in [-0.05, 0) is 64.8 Å². The summed E-state index contributed by atoms with van der Waals surface area (Å²) in [5.74, 6) is 1.87. The minimum absolute atomic E-state index is 0.340. The molecule has 1 unspecified atom stereocenters. The lowest BCUT2D eigenvalue weighted by molar-refractivity contribution is 0.313. The van der Waals surface area contributed by atoms with Gasteiger partial charge in [-0.25, -0.2) is 0 Å². The summed E-state index contributed by atoms with van der Waals surface area (Å²) in [7, 11) is 3.80. The molecule has 8 nitrogen and oxygen atoms in total. The van der Waals surface area contributed by atoms with Gasteiger partial charge >= 0.3 is 6.19 Å². The molecular formula is C30H30N7O+. The molecule has 0 amide bonds. The number of amidine groups is 2. The maximum atomic E-state index is 10.6. The van der Waals surface area contributed by atoms with E-state index in [-0.39, 0.29) is 4.59 Å². The third kappa shape index (κ3) is 4.22. The number of fused-ring (bicyclic) bond motifs is 3. The van der Waals surface area contributed by atoms with Gasteiger partial charge in [0.1, 0.15) is 11.4 Å². The van der Waals surface area contributed by atoms with Crippen molar-refractivity contribution in [2.45, 2.75) is 6.54 Å². The number of quaternary nitrogens is 1. The van der Waals surface area contributed by atoms with Crippen molar-refractivity contribution in [3.8, 4) is 11.9 Å².